The van der Waals surface area contributed by atoms with Crippen LogP contribution in [0.4, 0.5) is 0 Å². The molecule has 0 bridgehead atoms. The first-order valence-corrected chi connectivity index (χ1v) is 5.72. The predicted octanol–water partition coefficient (Wildman–Crippen LogP) is 0.535. The number of halogens is 1. The van der Waals surface area contributed by atoms with E-state index in [2.05, 4.69) is 31.3 Å². The molecule has 0 spiro atoms. The van der Waals surface area contributed by atoms with E-state index in [1.165, 1.54) is 7.11 Å². The third-order valence-electron chi connectivity index (χ3n) is 1.81. The van der Waals surface area contributed by atoms with E-state index in [-0.39, 0.29) is 24.2 Å². The summed E-state index contributed by atoms with van der Waals surface area (Å²) >= 11 is 3.10. The molecule has 0 aromatic carbocycles. The number of amides is 2. The van der Waals surface area contributed by atoms with E-state index < -0.39 is 0 Å². The highest BCUT2D eigenvalue weighted by Crippen LogP contribution is 2.13. The second kappa shape index (κ2) is 7.08. The molecule has 1 heterocycles. The minimum Gasteiger partial charge on any atom is -0.444 e. The quantitative estimate of drug-likeness (QED) is 0.752. The zero-order chi connectivity index (χ0) is 12.7. The number of methoxy groups -OCH3 is 1. The molecule has 0 aliphatic rings. The molecule has 0 fully saturated rings. The van der Waals surface area contributed by atoms with Crippen molar-refractivity contribution in [2.24, 2.45) is 0 Å². The van der Waals surface area contributed by atoms with Crippen molar-refractivity contribution in [3.8, 4) is 0 Å². The smallest absolute Gasteiger partial charge is 0.287 e. The van der Waals surface area contributed by atoms with E-state index in [1.54, 1.807) is 12.1 Å². The summed E-state index contributed by atoms with van der Waals surface area (Å²) in [5, 5.41) is 5.18. The second-order valence-corrected chi connectivity index (χ2v) is 3.92. The minimum absolute atomic E-state index is 0.0130. The van der Waals surface area contributed by atoms with Crippen LogP contribution in [0.15, 0.2) is 21.2 Å². The van der Waals surface area contributed by atoms with Crippen molar-refractivity contribution in [1.29, 1.82) is 0 Å². The topological polar surface area (TPSA) is 80.6 Å². The fraction of sp³-hybridized carbons (Fsp3) is 0.400. The Labute approximate surface area is 107 Å². The average molecular weight is 305 g/mol. The zero-order valence-corrected chi connectivity index (χ0v) is 10.9. The van der Waals surface area contributed by atoms with Crippen LogP contribution < -0.4 is 10.6 Å². The Bertz CT molecular complexity index is 391. The average Bonchev–Trinajstić information content (AvgIpc) is 2.71. The Hall–Kier alpha value is -1.34. The third kappa shape index (κ3) is 5.01. The number of carbonyl (C=O) groups excluding carboxylic acids is 2. The van der Waals surface area contributed by atoms with Gasteiger partial charge in [-0.1, -0.05) is 0 Å². The van der Waals surface area contributed by atoms with E-state index >= 15 is 0 Å². The molecule has 0 saturated heterocycles. The Kier molecular flexibility index (Phi) is 5.71. The number of carbonyl (C=O) groups is 2. The molecular weight excluding hydrogens is 292 g/mol. The van der Waals surface area contributed by atoms with Crippen LogP contribution >= 0.6 is 15.9 Å². The van der Waals surface area contributed by atoms with Crippen molar-refractivity contribution in [2.45, 2.75) is 0 Å². The molecule has 0 saturated carbocycles. The van der Waals surface area contributed by atoms with Crippen molar-refractivity contribution in [3.05, 3.63) is 22.6 Å². The van der Waals surface area contributed by atoms with Gasteiger partial charge in [-0.2, -0.15) is 0 Å². The highest BCUT2D eigenvalue weighted by Gasteiger charge is 2.09. The first-order chi connectivity index (χ1) is 8.13. The Balaban J connectivity index is 2.19. The third-order valence-corrected chi connectivity index (χ3v) is 2.23. The molecule has 0 aliphatic heterocycles. The Morgan fingerprint density at radius 1 is 1.35 bits per heavy atom. The molecule has 2 N–H and O–H groups in total. The van der Waals surface area contributed by atoms with Crippen LogP contribution in [-0.2, 0) is 9.53 Å². The lowest BCUT2D eigenvalue weighted by Crippen LogP contribution is -2.36. The van der Waals surface area contributed by atoms with Crippen LogP contribution in [0, 0.1) is 0 Å². The maximum atomic E-state index is 11.5. The van der Waals surface area contributed by atoms with Gasteiger partial charge < -0.3 is 19.8 Å². The summed E-state index contributed by atoms with van der Waals surface area (Å²) in [5.41, 5.74) is 0. The maximum Gasteiger partial charge on any atom is 0.287 e. The van der Waals surface area contributed by atoms with Crippen molar-refractivity contribution >= 4 is 27.7 Å². The van der Waals surface area contributed by atoms with Crippen molar-refractivity contribution in [3.63, 3.8) is 0 Å². The number of hydrogen-bond donors (Lipinski definition) is 2. The summed E-state index contributed by atoms with van der Waals surface area (Å²) in [4.78, 5) is 22.5. The Morgan fingerprint density at radius 2 is 2.06 bits per heavy atom. The number of rotatable bonds is 6. The van der Waals surface area contributed by atoms with Gasteiger partial charge in [-0.3, -0.25) is 9.59 Å². The zero-order valence-electron chi connectivity index (χ0n) is 9.29. The molecule has 1 aromatic rings. The highest BCUT2D eigenvalue weighted by atomic mass is 79.9. The molecular formula is C10H13BrN2O4. The molecule has 0 radical (unpaired) electrons. The SMILES string of the molecule is COCC(=O)NCCNC(=O)c1ccc(Br)o1. The lowest BCUT2D eigenvalue weighted by atomic mass is 10.4. The van der Waals surface area contributed by atoms with E-state index in [4.69, 9.17) is 4.42 Å². The fourth-order valence-corrected chi connectivity index (χ4v) is 1.39. The van der Waals surface area contributed by atoms with Crippen LogP contribution in [0.2, 0.25) is 0 Å². The number of ether oxygens (including phenoxy) is 1. The van der Waals surface area contributed by atoms with E-state index in [0.717, 1.165) is 0 Å². The summed E-state index contributed by atoms with van der Waals surface area (Å²) in [6.07, 6.45) is 0. The van der Waals surface area contributed by atoms with E-state index in [9.17, 15) is 9.59 Å². The van der Waals surface area contributed by atoms with Gasteiger partial charge in [-0.05, 0) is 28.1 Å². The maximum absolute atomic E-state index is 11.5. The van der Waals surface area contributed by atoms with E-state index in [0.29, 0.717) is 17.8 Å². The van der Waals surface area contributed by atoms with Gasteiger partial charge >= 0.3 is 0 Å². The summed E-state index contributed by atoms with van der Waals surface area (Å²) in [7, 11) is 1.44. The predicted molar refractivity (Wildman–Crippen MR) is 63.6 cm³/mol. The highest BCUT2D eigenvalue weighted by molar-refractivity contribution is 9.10. The molecule has 2 amide bonds. The molecule has 94 valence electrons. The van der Waals surface area contributed by atoms with Gasteiger partial charge in [0.15, 0.2) is 10.4 Å². The molecule has 6 nitrogen and oxygen atoms in total. The second-order valence-electron chi connectivity index (χ2n) is 3.14. The number of nitrogens with one attached hydrogen (secondary N) is 2. The molecule has 0 unspecified atom stereocenters. The lowest BCUT2D eigenvalue weighted by molar-refractivity contribution is -0.124. The van der Waals surface area contributed by atoms with E-state index in [1.807, 2.05) is 0 Å². The standard InChI is InChI=1S/C10H13BrN2O4/c1-16-6-9(14)12-4-5-13-10(15)7-2-3-8(11)17-7/h2-3H,4-6H2,1H3,(H,12,14)(H,13,15). The van der Waals surface area contributed by atoms with Crippen molar-refractivity contribution < 1.29 is 18.7 Å². The number of hydrogen-bond acceptors (Lipinski definition) is 4. The van der Waals surface area contributed by atoms with Gasteiger partial charge in [-0.25, -0.2) is 0 Å². The molecule has 7 heteroatoms. The Morgan fingerprint density at radius 3 is 2.65 bits per heavy atom. The normalized spacial score (nSPS) is 10.0. The van der Waals surface area contributed by atoms with Crippen LogP contribution in [0.25, 0.3) is 0 Å². The van der Waals surface area contributed by atoms with Gasteiger partial charge in [0.05, 0.1) is 0 Å². The molecule has 0 aliphatic carbocycles. The summed E-state index contributed by atoms with van der Waals surface area (Å²) in [5.74, 6) is -0.320. The summed E-state index contributed by atoms with van der Waals surface area (Å²) in [6, 6.07) is 3.19. The van der Waals surface area contributed by atoms with Gasteiger partial charge in [-0.15, -0.1) is 0 Å². The van der Waals surface area contributed by atoms with Crippen LogP contribution in [0.1, 0.15) is 10.6 Å². The lowest BCUT2D eigenvalue weighted by Gasteiger charge is -2.05. The molecule has 0 atom stereocenters. The number of furan rings is 1. The first-order valence-electron chi connectivity index (χ1n) is 4.92. The summed E-state index contributed by atoms with van der Waals surface area (Å²) in [6.45, 7) is 0.682. The van der Waals surface area contributed by atoms with Crippen LogP contribution in [-0.4, -0.2) is 38.6 Å². The van der Waals surface area contributed by atoms with Gasteiger partial charge in [0, 0.05) is 20.2 Å². The molecule has 1 aromatic heterocycles. The molecule has 1 rings (SSSR count). The van der Waals surface area contributed by atoms with Gasteiger partial charge in [0.1, 0.15) is 6.61 Å². The van der Waals surface area contributed by atoms with Crippen molar-refractivity contribution in [1.82, 2.24) is 10.6 Å². The monoisotopic (exact) mass is 304 g/mol. The minimum atomic E-state index is -0.323. The van der Waals surface area contributed by atoms with Crippen molar-refractivity contribution in [2.75, 3.05) is 26.8 Å². The largest absolute Gasteiger partial charge is 0.444 e. The first kappa shape index (κ1) is 13.7. The fourth-order valence-electron chi connectivity index (χ4n) is 1.08. The molecule has 17 heavy (non-hydrogen) atoms. The summed E-state index contributed by atoms with van der Waals surface area (Å²) < 4.78 is 10.2. The van der Waals surface area contributed by atoms with Crippen LogP contribution in [0.3, 0.4) is 0 Å². The van der Waals surface area contributed by atoms with Crippen LogP contribution in [0.5, 0.6) is 0 Å². The van der Waals surface area contributed by atoms with Gasteiger partial charge in [0.2, 0.25) is 5.91 Å². The van der Waals surface area contributed by atoms with Gasteiger partial charge in [0.25, 0.3) is 5.91 Å².